The van der Waals surface area contributed by atoms with Crippen LogP contribution in [0.4, 0.5) is 5.69 Å². The molecule has 1 aromatic carbocycles. The minimum Gasteiger partial charge on any atom is -0.497 e. The van der Waals surface area contributed by atoms with Crippen LogP contribution in [-0.2, 0) is 0 Å². The predicted molar refractivity (Wildman–Crippen MR) is 81.4 cm³/mol. The van der Waals surface area contributed by atoms with E-state index < -0.39 is 0 Å². The van der Waals surface area contributed by atoms with Crippen LogP contribution in [0.15, 0.2) is 18.2 Å². The van der Waals surface area contributed by atoms with Crippen LogP contribution in [-0.4, -0.2) is 37.2 Å². The van der Waals surface area contributed by atoms with Gasteiger partial charge in [0.05, 0.1) is 17.8 Å². The van der Waals surface area contributed by atoms with E-state index in [4.69, 9.17) is 16.3 Å². The summed E-state index contributed by atoms with van der Waals surface area (Å²) in [6.45, 7) is 6.81. The van der Waals surface area contributed by atoms with Crippen LogP contribution in [0.25, 0.3) is 0 Å². The van der Waals surface area contributed by atoms with Crippen LogP contribution in [0.3, 0.4) is 0 Å². The zero-order chi connectivity index (χ0) is 13.8. The van der Waals surface area contributed by atoms with E-state index in [9.17, 15) is 0 Å². The van der Waals surface area contributed by atoms with Crippen LogP contribution in [0.2, 0.25) is 5.02 Å². The lowest BCUT2D eigenvalue weighted by atomic mass is 10.0. The van der Waals surface area contributed by atoms with Gasteiger partial charge in [-0.3, -0.25) is 0 Å². The van der Waals surface area contributed by atoms with Crippen molar-refractivity contribution in [1.29, 1.82) is 0 Å². The molecule has 0 atom stereocenters. The molecule has 0 spiro atoms. The van der Waals surface area contributed by atoms with Crippen molar-refractivity contribution in [1.82, 2.24) is 4.90 Å². The fraction of sp³-hybridized carbons (Fsp3) is 0.600. The van der Waals surface area contributed by atoms with Crippen molar-refractivity contribution in [3.8, 4) is 5.75 Å². The van der Waals surface area contributed by atoms with Gasteiger partial charge in [-0.2, -0.15) is 0 Å². The molecule has 0 amide bonds. The van der Waals surface area contributed by atoms with Crippen molar-refractivity contribution < 1.29 is 4.74 Å². The molecule has 1 saturated heterocycles. The number of hydrogen-bond acceptors (Lipinski definition) is 3. The molecule has 0 aliphatic carbocycles. The minimum absolute atomic E-state index is 0.500. The van der Waals surface area contributed by atoms with E-state index in [0.29, 0.717) is 12.1 Å². The van der Waals surface area contributed by atoms with Gasteiger partial charge in [-0.15, -0.1) is 0 Å². The van der Waals surface area contributed by atoms with E-state index >= 15 is 0 Å². The molecule has 3 nitrogen and oxygen atoms in total. The molecular weight excluding hydrogens is 260 g/mol. The Morgan fingerprint density at radius 1 is 1.32 bits per heavy atom. The van der Waals surface area contributed by atoms with Gasteiger partial charge in [0.2, 0.25) is 0 Å². The highest BCUT2D eigenvalue weighted by molar-refractivity contribution is 6.33. The molecule has 1 heterocycles. The van der Waals surface area contributed by atoms with E-state index in [0.717, 1.165) is 42.4 Å². The van der Waals surface area contributed by atoms with Crippen LogP contribution >= 0.6 is 11.6 Å². The maximum Gasteiger partial charge on any atom is 0.121 e. The summed E-state index contributed by atoms with van der Waals surface area (Å²) in [6.07, 6.45) is 2.32. The van der Waals surface area contributed by atoms with Crippen molar-refractivity contribution in [2.24, 2.45) is 0 Å². The smallest absolute Gasteiger partial charge is 0.121 e. The van der Waals surface area contributed by atoms with Gasteiger partial charge in [0, 0.05) is 31.2 Å². The maximum atomic E-state index is 6.22. The van der Waals surface area contributed by atoms with Gasteiger partial charge in [0.25, 0.3) is 0 Å². The Bertz CT molecular complexity index is 415. The first-order chi connectivity index (χ1) is 9.10. The number of rotatable bonds is 4. The second-order valence-electron chi connectivity index (χ2n) is 5.39. The van der Waals surface area contributed by atoms with Gasteiger partial charge in [0.1, 0.15) is 5.75 Å². The molecular formula is C15H23ClN2O. The molecule has 4 heteroatoms. The third-order valence-corrected chi connectivity index (χ3v) is 4.12. The number of anilines is 1. The molecule has 1 aliphatic heterocycles. The van der Waals surface area contributed by atoms with E-state index in [2.05, 4.69) is 24.1 Å². The summed E-state index contributed by atoms with van der Waals surface area (Å²) < 4.78 is 5.24. The fourth-order valence-corrected chi connectivity index (χ4v) is 2.69. The average Bonchev–Trinajstić information content (AvgIpc) is 2.42. The molecule has 1 aliphatic rings. The zero-order valence-corrected chi connectivity index (χ0v) is 12.7. The average molecular weight is 283 g/mol. The Morgan fingerprint density at radius 2 is 2.00 bits per heavy atom. The van der Waals surface area contributed by atoms with Crippen molar-refractivity contribution in [2.45, 2.75) is 38.8 Å². The van der Waals surface area contributed by atoms with Gasteiger partial charge in [-0.05, 0) is 38.8 Å². The highest BCUT2D eigenvalue weighted by atomic mass is 35.5. The van der Waals surface area contributed by atoms with Crippen molar-refractivity contribution >= 4 is 17.3 Å². The third-order valence-electron chi connectivity index (χ3n) is 3.79. The summed E-state index contributed by atoms with van der Waals surface area (Å²) in [4.78, 5) is 2.52. The number of ether oxygens (including phenoxy) is 1. The lowest BCUT2D eigenvalue weighted by Gasteiger charge is -2.35. The highest BCUT2D eigenvalue weighted by Gasteiger charge is 2.21. The van der Waals surface area contributed by atoms with E-state index in [1.807, 2.05) is 18.2 Å². The zero-order valence-electron chi connectivity index (χ0n) is 11.9. The minimum atomic E-state index is 0.500. The maximum absolute atomic E-state index is 6.22. The van der Waals surface area contributed by atoms with Crippen LogP contribution in [0, 0.1) is 0 Å². The quantitative estimate of drug-likeness (QED) is 0.913. The van der Waals surface area contributed by atoms with Gasteiger partial charge in [0.15, 0.2) is 0 Å². The number of hydrogen-bond donors (Lipinski definition) is 1. The van der Waals surface area contributed by atoms with E-state index in [1.54, 1.807) is 7.11 Å². The monoisotopic (exact) mass is 282 g/mol. The second kappa shape index (κ2) is 6.49. The Hall–Kier alpha value is -0.930. The van der Waals surface area contributed by atoms with Gasteiger partial charge in [-0.25, -0.2) is 0 Å². The van der Waals surface area contributed by atoms with Crippen LogP contribution in [0.5, 0.6) is 5.75 Å². The molecule has 2 rings (SSSR count). The number of nitrogens with one attached hydrogen (secondary N) is 1. The number of methoxy groups -OCH3 is 1. The van der Waals surface area contributed by atoms with Crippen molar-refractivity contribution in [3.63, 3.8) is 0 Å². The number of nitrogens with zero attached hydrogens (tertiary/aromatic N) is 1. The standard InChI is InChI=1S/C15H23ClN2O/c1-11(2)18-8-6-12(7-9-18)17-15-10-13(19-3)4-5-14(15)16/h4-5,10-12,17H,6-9H2,1-3H3. The van der Waals surface area contributed by atoms with Crippen molar-refractivity contribution in [3.05, 3.63) is 23.2 Å². The number of piperidine rings is 1. The predicted octanol–water partition coefficient (Wildman–Crippen LogP) is 3.63. The summed E-state index contributed by atoms with van der Waals surface area (Å²) in [5, 5.41) is 4.30. The number of likely N-dealkylation sites (tertiary alicyclic amines) is 1. The first-order valence-electron chi connectivity index (χ1n) is 6.94. The van der Waals surface area contributed by atoms with Gasteiger partial charge in [-0.1, -0.05) is 11.6 Å². The Kier molecular flexibility index (Phi) is 4.94. The molecule has 106 valence electrons. The molecule has 1 aromatic rings. The second-order valence-corrected chi connectivity index (χ2v) is 5.80. The summed E-state index contributed by atoms with van der Waals surface area (Å²) in [7, 11) is 1.67. The normalized spacial score (nSPS) is 17.7. The van der Waals surface area contributed by atoms with Crippen LogP contribution < -0.4 is 10.1 Å². The SMILES string of the molecule is COc1ccc(Cl)c(NC2CCN(C(C)C)CC2)c1. The number of halogens is 1. The summed E-state index contributed by atoms with van der Waals surface area (Å²) >= 11 is 6.22. The van der Waals surface area contributed by atoms with Crippen molar-refractivity contribution in [2.75, 3.05) is 25.5 Å². The third kappa shape index (κ3) is 3.77. The number of benzene rings is 1. The molecule has 1 fully saturated rings. The lowest BCUT2D eigenvalue weighted by molar-refractivity contribution is 0.177. The summed E-state index contributed by atoms with van der Waals surface area (Å²) in [5.41, 5.74) is 0.976. The molecule has 0 bridgehead atoms. The lowest BCUT2D eigenvalue weighted by Crippen LogP contribution is -2.42. The Balaban J connectivity index is 1.95. The molecule has 0 saturated carbocycles. The van der Waals surface area contributed by atoms with Gasteiger partial charge < -0.3 is 15.0 Å². The topological polar surface area (TPSA) is 24.5 Å². The Labute approximate surface area is 120 Å². The summed E-state index contributed by atoms with van der Waals surface area (Å²) in [6, 6.07) is 6.87. The molecule has 0 unspecified atom stereocenters. The van der Waals surface area contributed by atoms with E-state index in [-0.39, 0.29) is 0 Å². The first kappa shape index (κ1) is 14.5. The molecule has 19 heavy (non-hydrogen) atoms. The largest absolute Gasteiger partial charge is 0.497 e. The fourth-order valence-electron chi connectivity index (χ4n) is 2.52. The molecule has 1 N–H and O–H groups in total. The summed E-state index contributed by atoms with van der Waals surface area (Å²) in [5.74, 6) is 0.839. The van der Waals surface area contributed by atoms with Gasteiger partial charge >= 0.3 is 0 Å². The molecule has 0 radical (unpaired) electrons. The first-order valence-corrected chi connectivity index (χ1v) is 7.32. The highest BCUT2D eigenvalue weighted by Crippen LogP contribution is 2.28. The van der Waals surface area contributed by atoms with Crippen LogP contribution in [0.1, 0.15) is 26.7 Å². The molecule has 0 aromatic heterocycles. The Morgan fingerprint density at radius 3 is 2.58 bits per heavy atom. The van der Waals surface area contributed by atoms with E-state index in [1.165, 1.54) is 0 Å².